The third-order valence-electron chi connectivity index (χ3n) is 3.48. The lowest BCUT2D eigenvalue weighted by Crippen LogP contribution is -2.30. The number of nitrogens with zero attached hydrogens (tertiary/aromatic N) is 2. The van der Waals surface area contributed by atoms with Gasteiger partial charge in [-0.25, -0.2) is 9.78 Å². The van der Waals surface area contributed by atoms with Crippen LogP contribution in [0.3, 0.4) is 0 Å². The minimum Gasteiger partial charge on any atom is -0.370 e. The highest BCUT2D eigenvalue weighted by Crippen LogP contribution is 2.19. The van der Waals surface area contributed by atoms with Crippen LogP contribution in [0.1, 0.15) is 23.4 Å². The van der Waals surface area contributed by atoms with E-state index in [-0.39, 0.29) is 6.03 Å². The Labute approximate surface area is 128 Å². The number of anilines is 2. The SMILES string of the molecule is Cc1cc(NC(=O)NCCc2ccc3c(n2)NCCC3)on1. The Morgan fingerprint density at radius 2 is 2.36 bits per heavy atom. The molecule has 0 unspecified atom stereocenters. The number of aromatic nitrogens is 2. The molecule has 0 radical (unpaired) electrons. The van der Waals surface area contributed by atoms with E-state index in [1.807, 2.05) is 6.07 Å². The Balaban J connectivity index is 1.47. The van der Waals surface area contributed by atoms with Gasteiger partial charge >= 0.3 is 6.03 Å². The summed E-state index contributed by atoms with van der Waals surface area (Å²) in [6.07, 6.45) is 2.90. The average molecular weight is 301 g/mol. The van der Waals surface area contributed by atoms with Crippen LogP contribution in [-0.2, 0) is 12.8 Å². The predicted octanol–water partition coefficient (Wildman–Crippen LogP) is 2.10. The van der Waals surface area contributed by atoms with Gasteiger partial charge in [-0.2, -0.15) is 0 Å². The second-order valence-electron chi connectivity index (χ2n) is 5.30. The van der Waals surface area contributed by atoms with Gasteiger partial charge in [-0.05, 0) is 31.4 Å². The van der Waals surface area contributed by atoms with Crippen LogP contribution in [0.2, 0.25) is 0 Å². The molecular formula is C15H19N5O2. The summed E-state index contributed by atoms with van der Waals surface area (Å²) in [7, 11) is 0. The van der Waals surface area contributed by atoms with Gasteiger partial charge in [0.05, 0.1) is 5.69 Å². The predicted molar refractivity (Wildman–Crippen MR) is 83.0 cm³/mol. The molecule has 3 rings (SSSR count). The number of urea groups is 1. The molecule has 7 nitrogen and oxygen atoms in total. The zero-order valence-corrected chi connectivity index (χ0v) is 12.5. The smallest absolute Gasteiger partial charge is 0.321 e. The lowest BCUT2D eigenvalue weighted by atomic mass is 10.1. The third kappa shape index (κ3) is 3.55. The zero-order valence-electron chi connectivity index (χ0n) is 12.5. The van der Waals surface area contributed by atoms with Crippen LogP contribution in [-0.4, -0.2) is 29.3 Å². The van der Waals surface area contributed by atoms with Gasteiger partial charge in [0.15, 0.2) is 0 Å². The summed E-state index contributed by atoms with van der Waals surface area (Å²) in [6, 6.07) is 5.48. The molecule has 0 aliphatic carbocycles. The van der Waals surface area contributed by atoms with Crippen molar-refractivity contribution in [3.8, 4) is 0 Å². The highest BCUT2D eigenvalue weighted by molar-refractivity contribution is 5.87. The lowest BCUT2D eigenvalue weighted by molar-refractivity contribution is 0.251. The number of carbonyl (C=O) groups excluding carboxylic acids is 1. The summed E-state index contributed by atoms with van der Waals surface area (Å²) in [5, 5.41) is 12.4. The molecule has 0 spiro atoms. The molecule has 1 aliphatic rings. The number of rotatable bonds is 4. The molecule has 2 aromatic heterocycles. The number of aryl methyl sites for hydroxylation is 2. The highest BCUT2D eigenvalue weighted by atomic mass is 16.5. The van der Waals surface area contributed by atoms with Crippen LogP contribution in [0.25, 0.3) is 0 Å². The maximum Gasteiger partial charge on any atom is 0.321 e. The first-order valence-electron chi connectivity index (χ1n) is 7.41. The molecule has 1 aliphatic heterocycles. The molecule has 116 valence electrons. The van der Waals surface area contributed by atoms with Gasteiger partial charge < -0.3 is 15.2 Å². The Morgan fingerprint density at radius 1 is 1.45 bits per heavy atom. The first-order chi connectivity index (χ1) is 10.7. The van der Waals surface area contributed by atoms with Crippen molar-refractivity contribution in [1.82, 2.24) is 15.5 Å². The maximum atomic E-state index is 11.7. The van der Waals surface area contributed by atoms with Crippen LogP contribution in [0.4, 0.5) is 16.5 Å². The fourth-order valence-electron chi connectivity index (χ4n) is 2.39. The van der Waals surface area contributed by atoms with Crippen LogP contribution >= 0.6 is 0 Å². The molecule has 22 heavy (non-hydrogen) atoms. The van der Waals surface area contributed by atoms with Crippen LogP contribution in [0, 0.1) is 6.92 Å². The minimum absolute atomic E-state index is 0.313. The van der Waals surface area contributed by atoms with Gasteiger partial charge in [0.1, 0.15) is 5.82 Å². The number of fused-ring (bicyclic) bond motifs is 1. The molecule has 0 aromatic carbocycles. The van der Waals surface area contributed by atoms with Crippen LogP contribution in [0.15, 0.2) is 22.7 Å². The van der Waals surface area contributed by atoms with Gasteiger partial charge in [-0.1, -0.05) is 11.2 Å². The summed E-state index contributed by atoms with van der Waals surface area (Å²) >= 11 is 0. The molecule has 2 amide bonds. The molecule has 0 fully saturated rings. The summed E-state index contributed by atoms with van der Waals surface area (Å²) in [6.45, 7) is 3.27. The van der Waals surface area contributed by atoms with E-state index in [0.717, 1.165) is 36.6 Å². The summed E-state index contributed by atoms with van der Waals surface area (Å²) < 4.78 is 4.92. The van der Waals surface area contributed by atoms with Crippen LogP contribution in [0.5, 0.6) is 0 Å². The third-order valence-corrected chi connectivity index (χ3v) is 3.48. The topological polar surface area (TPSA) is 92.1 Å². The average Bonchev–Trinajstić information content (AvgIpc) is 2.92. The summed E-state index contributed by atoms with van der Waals surface area (Å²) in [5.74, 6) is 1.32. The fraction of sp³-hybridized carbons (Fsp3) is 0.400. The van der Waals surface area contributed by atoms with E-state index in [9.17, 15) is 4.79 Å². The van der Waals surface area contributed by atoms with E-state index in [0.29, 0.717) is 18.8 Å². The number of hydrogen-bond acceptors (Lipinski definition) is 5. The standard InChI is InChI=1S/C15H19N5O2/c1-10-9-13(22-20-10)19-15(21)17-8-6-12-5-4-11-3-2-7-16-14(11)18-12/h4-5,9H,2-3,6-8H2,1H3,(H,16,18)(H2,17,19,21). The first kappa shape index (κ1) is 14.4. The van der Waals surface area contributed by atoms with E-state index < -0.39 is 0 Å². The minimum atomic E-state index is -0.313. The molecule has 0 saturated heterocycles. The van der Waals surface area contributed by atoms with E-state index in [1.54, 1.807) is 13.0 Å². The van der Waals surface area contributed by atoms with Crippen molar-refractivity contribution in [2.24, 2.45) is 0 Å². The van der Waals surface area contributed by atoms with Crippen molar-refractivity contribution in [2.45, 2.75) is 26.2 Å². The Morgan fingerprint density at radius 3 is 3.18 bits per heavy atom. The van der Waals surface area contributed by atoms with E-state index >= 15 is 0 Å². The largest absolute Gasteiger partial charge is 0.370 e. The van der Waals surface area contributed by atoms with E-state index in [4.69, 9.17) is 4.52 Å². The van der Waals surface area contributed by atoms with Crippen molar-refractivity contribution in [3.05, 3.63) is 35.2 Å². The fourth-order valence-corrected chi connectivity index (χ4v) is 2.39. The number of carbonyl (C=O) groups is 1. The van der Waals surface area contributed by atoms with Crippen LogP contribution < -0.4 is 16.0 Å². The van der Waals surface area contributed by atoms with Gasteiger partial charge in [0, 0.05) is 31.3 Å². The molecule has 7 heteroatoms. The summed E-state index contributed by atoms with van der Waals surface area (Å²) in [4.78, 5) is 16.3. The van der Waals surface area contributed by atoms with E-state index in [1.165, 1.54) is 5.56 Å². The summed E-state index contributed by atoms with van der Waals surface area (Å²) in [5.41, 5.74) is 2.95. The maximum absolute atomic E-state index is 11.7. The molecule has 3 heterocycles. The molecule has 3 N–H and O–H groups in total. The zero-order chi connectivity index (χ0) is 15.4. The monoisotopic (exact) mass is 301 g/mol. The van der Waals surface area contributed by atoms with Gasteiger partial charge in [-0.15, -0.1) is 0 Å². The molecule has 2 aromatic rings. The number of pyridine rings is 1. The van der Waals surface area contributed by atoms with Crippen molar-refractivity contribution in [3.63, 3.8) is 0 Å². The molecule has 0 bridgehead atoms. The van der Waals surface area contributed by atoms with Crippen molar-refractivity contribution in [1.29, 1.82) is 0 Å². The Bertz CT molecular complexity index is 668. The quantitative estimate of drug-likeness (QED) is 0.804. The highest BCUT2D eigenvalue weighted by Gasteiger charge is 2.10. The first-order valence-corrected chi connectivity index (χ1v) is 7.41. The number of amides is 2. The van der Waals surface area contributed by atoms with Gasteiger partial charge in [-0.3, -0.25) is 5.32 Å². The number of hydrogen-bond donors (Lipinski definition) is 3. The number of nitrogens with one attached hydrogen (secondary N) is 3. The lowest BCUT2D eigenvalue weighted by Gasteiger charge is -2.17. The van der Waals surface area contributed by atoms with Crippen molar-refractivity contribution in [2.75, 3.05) is 23.7 Å². The van der Waals surface area contributed by atoms with Gasteiger partial charge in [0.25, 0.3) is 0 Å². The van der Waals surface area contributed by atoms with Crippen molar-refractivity contribution >= 4 is 17.7 Å². The molecule has 0 saturated carbocycles. The van der Waals surface area contributed by atoms with E-state index in [2.05, 4.69) is 32.2 Å². The molecule has 0 atom stereocenters. The van der Waals surface area contributed by atoms with Crippen molar-refractivity contribution < 1.29 is 9.32 Å². The molecular weight excluding hydrogens is 282 g/mol. The normalized spacial score (nSPS) is 13.1. The Hall–Kier alpha value is -2.57. The second-order valence-corrected chi connectivity index (χ2v) is 5.30. The second kappa shape index (κ2) is 6.46. The van der Waals surface area contributed by atoms with Gasteiger partial charge in [0.2, 0.25) is 5.88 Å². The Kier molecular flexibility index (Phi) is 4.22.